The number of anilines is 1. The van der Waals surface area contributed by atoms with Gasteiger partial charge in [0, 0.05) is 31.4 Å². The molecular formula is C22H28N4O. The summed E-state index contributed by atoms with van der Waals surface area (Å²) in [5.41, 5.74) is 3.85. The van der Waals surface area contributed by atoms with Crippen LogP contribution in [-0.4, -0.2) is 28.5 Å². The molecule has 0 fully saturated rings. The largest absolute Gasteiger partial charge is 0.372 e. The van der Waals surface area contributed by atoms with E-state index in [0.717, 1.165) is 35.6 Å². The molecule has 0 aliphatic heterocycles. The van der Waals surface area contributed by atoms with Gasteiger partial charge >= 0.3 is 0 Å². The van der Waals surface area contributed by atoms with Gasteiger partial charge in [0.05, 0.1) is 17.6 Å². The number of nitrogens with one attached hydrogen (secondary N) is 1. The fourth-order valence-corrected chi connectivity index (χ4v) is 3.26. The lowest BCUT2D eigenvalue weighted by molar-refractivity contribution is 0.0949. The number of amides is 1. The van der Waals surface area contributed by atoms with Crippen LogP contribution in [0.25, 0.3) is 11.0 Å². The van der Waals surface area contributed by atoms with E-state index in [1.807, 2.05) is 60.1 Å². The monoisotopic (exact) mass is 364 g/mol. The minimum atomic E-state index is -0.0785. The van der Waals surface area contributed by atoms with Crippen molar-refractivity contribution in [2.45, 2.75) is 33.2 Å². The SMILES string of the molecule is CCCCN(CC)c1ccc(C(=O)NCc2nc3ccccc3n2C)cc1. The zero-order chi connectivity index (χ0) is 19.2. The number of aryl methyl sites for hydroxylation is 1. The fourth-order valence-electron chi connectivity index (χ4n) is 3.26. The Labute approximate surface area is 161 Å². The predicted octanol–water partition coefficient (Wildman–Crippen LogP) is 4.13. The highest BCUT2D eigenvalue weighted by Crippen LogP contribution is 2.17. The molecule has 0 aliphatic rings. The summed E-state index contributed by atoms with van der Waals surface area (Å²) < 4.78 is 2.02. The molecule has 5 heteroatoms. The van der Waals surface area contributed by atoms with Gasteiger partial charge in [0.15, 0.2) is 0 Å². The van der Waals surface area contributed by atoms with Crippen LogP contribution in [0.2, 0.25) is 0 Å². The van der Waals surface area contributed by atoms with Crippen molar-refractivity contribution >= 4 is 22.6 Å². The third-order valence-corrected chi connectivity index (χ3v) is 4.94. The van der Waals surface area contributed by atoms with Gasteiger partial charge in [0.2, 0.25) is 0 Å². The topological polar surface area (TPSA) is 50.2 Å². The molecule has 0 bridgehead atoms. The number of hydrogen-bond acceptors (Lipinski definition) is 3. The zero-order valence-electron chi connectivity index (χ0n) is 16.4. The number of rotatable bonds is 8. The Morgan fingerprint density at radius 3 is 2.52 bits per heavy atom. The second kappa shape index (κ2) is 8.71. The maximum Gasteiger partial charge on any atom is 0.251 e. The first-order chi connectivity index (χ1) is 13.1. The van der Waals surface area contributed by atoms with Crippen molar-refractivity contribution in [2.75, 3.05) is 18.0 Å². The van der Waals surface area contributed by atoms with E-state index >= 15 is 0 Å². The molecule has 0 atom stereocenters. The Balaban J connectivity index is 1.64. The molecule has 0 saturated heterocycles. The average Bonchev–Trinajstić information content (AvgIpc) is 3.03. The van der Waals surface area contributed by atoms with Gasteiger partial charge in [-0.05, 0) is 49.7 Å². The average molecular weight is 364 g/mol. The van der Waals surface area contributed by atoms with Crippen molar-refractivity contribution in [1.82, 2.24) is 14.9 Å². The third-order valence-electron chi connectivity index (χ3n) is 4.94. The third kappa shape index (κ3) is 4.30. The number of hydrogen-bond donors (Lipinski definition) is 1. The molecule has 3 aromatic rings. The number of aromatic nitrogens is 2. The molecule has 0 saturated carbocycles. The van der Waals surface area contributed by atoms with E-state index in [1.54, 1.807) is 0 Å². The first-order valence-corrected chi connectivity index (χ1v) is 9.67. The number of nitrogens with zero attached hydrogens (tertiary/aromatic N) is 3. The molecule has 3 rings (SSSR count). The Kier molecular flexibility index (Phi) is 6.12. The van der Waals surface area contributed by atoms with Crippen LogP contribution in [0.15, 0.2) is 48.5 Å². The summed E-state index contributed by atoms with van der Waals surface area (Å²) in [4.78, 5) is 19.4. The Morgan fingerprint density at radius 1 is 1.11 bits per heavy atom. The molecule has 1 heterocycles. The second-order valence-corrected chi connectivity index (χ2v) is 6.74. The van der Waals surface area contributed by atoms with Crippen LogP contribution >= 0.6 is 0 Å². The zero-order valence-corrected chi connectivity index (χ0v) is 16.4. The normalized spacial score (nSPS) is 10.9. The minimum Gasteiger partial charge on any atom is -0.372 e. The van der Waals surface area contributed by atoms with Crippen LogP contribution in [0.3, 0.4) is 0 Å². The van der Waals surface area contributed by atoms with E-state index in [1.165, 1.54) is 12.8 Å². The highest BCUT2D eigenvalue weighted by Gasteiger charge is 2.11. The molecule has 0 radical (unpaired) electrons. The van der Waals surface area contributed by atoms with Crippen molar-refractivity contribution in [2.24, 2.45) is 7.05 Å². The van der Waals surface area contributed by atoms with Crippen LogP contribution in [-0.2, 0) is 13.6 Å². The maximum atomic E-state index is 12.5. The first kappa shape index (κ1) is 19.0. The van der Waals surface area contributed by atoms with Gasteiger partial charge in [-0.15, -0.1) is 0 Å². The summed E-state index contributed by atoms with van der Waals surface area (Å²) in [5, 5.41) is 2.98. The van der Waals surface area contributed by atoms with Gasteiger partial charge < -0.3 is 14.8 Å². The fraction of sp³-hybridized carbons (Fsp3) is 0.364. The van der Waals surface area contributed by atoms with Crippen LogP contribution in [0.4, 0.5) is 5.69 Å². The number of imidazole rings is 1. The number of para-hydroxylation sites is 2. The summed E-state index contributed by atoms with van der Waals surface area (Å²) in [5.74, 6) is 0.767. The van der Waals surface area contributed by atoms with Gasteiger partial charge in [-0.25, -0.2) is 4.98 Å². The number of carbonyl (C=O) groups is 1. The van der Waals surface area contributed by atoms with E-state index in [4.69, 9.17) is 0 Å². The van der Waals surface area contributed by atoms with Gasteiger partial charge in [-0.2, -0.15) is 0 Å². The van der Waals surface area contributed by atoms with Crippen LogP contribution in [0, 0.1) is 0 Å². The van der Waals surface area contributed by atoms with Crippen molar-refractivity contribution < 1.29 is 4.79 Å². The lowest BCUT2D eigenvalue weighted by Gasteiger charge is -2.23. The molecule has 1 amide bonds. The molecule has 5 nitrogen and oxygen atoms in total. The maximum absolute atomic E-state index is 12.5. The minimum absolute atomic E-state index is 0.0785. The lowest BCUT2D eigenvalue weighted by Crippen LogP contribution is -2.25. The molecular weight excluding hydrogens is 336 g/mol. The predicted molar refractivity (Wildman–Crippen MR) is 111 cm³/mol. The summed E-state index contributed by atoms with van der Waals surface area (Å²) in [7, 11) is 1.97. The lowest BCUT2D eigenvalue weighted by atomic mass is 10.1. The van der Waals surface area contributed by atoms with Gasteiger partial charge in [0.1, 0.15) is 5.82 Å². The second-order valence-electron chi connectivity index (χ2n) is 6.74. The van der Waals surface area contributed by atoms with Gasteiger partial charge in [-0.3, -0.25) is 4.79 Å². The van der Waals surface area contributed by atoms with Crippen LogP contribution < -0.4 is 10.2 Å². The van der Waals surface area contributed by atoms with Gasteiger partial charge in [0.25, 0.3) is 5.91 Å². The number of benzene rings is 2. The molecule has 142 valence electrons. The smallest absolute Gasteiger partial charge is 0.251 e. The van der Waals surface area contributed by atoms with Crippen LogP contribution in [0.5, 0.6) is 0 Å². The molecule has 0 spiro atoms. The van der Waals surface area contributed by atoms with Crippen molar-refractivity contribution in [3.05, 3.63) is 59.9 Å². The summed E-state index contributed by atoms with van der Waals surface area (Å²) in [6, 6.07) is 15.8. The van der Waals surface area contributed by atoms with Crippen molar-refractivity contribution in [3.63, 3.8) is 0 Å². The summed E-state index contributed by atoms with van der Waals surface area (Å²) in [6.45, 7) is 6.78. The number of unbranched alkanes of at least 4 members (excludes halogenated alkanes) is 1. The molecule has 0 unspecified atom stereocenters. The van der Waals surface area contributed by atoms with E-state index in [2.05, 4.69) is 29.0 Å². The molecule has 1 N–H and O–H groups in total. The van der Waals surface area contributed by atoms with E-state index in [9.17, 15) is 4.79 Å². The number of fused-ring (bicyclic) bond motifs is 1. The highest BCUT2D eigenvalue weighted by molar-refractivity contribution is 5.94. The summed E-state index contributed by atoms with van der Waals surface area (Å²) in [6.07, 6.45) is 2.35. The standard InChI is InChI=1S/C22H28N4O/c1-4-6-15-26(5-2)18-13-11-17(12-14-18)22(27)23-16-21-24-19-9-7-8-10-20(19)25(21)3/h7-14H,4-6,15-16H2,1-3H3,(H,23,27). The van der Waals surface area contributed by atoms with E-state index in [0.29, 0.717) is 12.1 Å². The van der Waals surface area contributed by atoms with Crippen LogP contribution in [0.1, 0.15) is 42.9 Å². The van der Waals surface area contributed by atoms with E-state index in [-0.39, 0.29) is 5.91 Å². The van der Waals surface area contributed by atoms with E-state index < -0.39 is 0 Å². The Bertz CT molecular complexity index is 898. The van der Waals surface area contributed by atoms with Crippen molar-refractivity contribution in [3.8, 4) is 0 Å². The number of carbonyl (C=O) groups excluding carboxylic acids is 1. The Morgan fingerprint density at radius 2 is 1.85 bits per heavy atom. The Hall–Kier alpha value is -2.82. The molecule has 1 aromatic heterocycles. The first-order valence-electron chi connectivity index (χ1n) is 9.67. The quantitative estimate of drug-likeness (QED) is 0.654. The summed E-state index contributed by atoms with van der Waals surface area (Å²) >= 11 is 0. The van der Waals surface area contributed by atoms with Gasteiger partial charge in [-0.1, -0.05) is 25.5 Å². The molecule has 0 aliphatic carbocycles. The molecule has 2 aromatic carbocycles. The van der Waals surface area contributed by atoms with Crippen molar-refractivity contribution in [1.29, 1.82) is 0 Å². The molecule has 27 heavy (non-hydrogen) atoms. The highest BCUT2D eigenvalue weighted by atomic mass is 16.1.